The first kappa shape index (κ1) is 18.5. The molecule has 3 heterocycles. The van der Waals surface area contributed by atoms with Gasteiger partial charge < -0.3 is 19.5 Å². The molecule has 146 valence electrons. The number of hydrogen-bond donors (Lipinski definition) is 2. The van der Waals surface area contributed by atoms with Crippen LogP contribution in [0.4, 0.5) is 5.82 Å². The van der Waals surface area contributed by atoms with Crippen LogP contribution in [0.2, 0.25) is 0 Å². The number of thiazole rings is 1. The Morgan fingerprint density at radius 1 is 1.29 bits per heavy atom. The summed E-state index contributed by atoms with van der Waals surface area (Å²) in [5.41, 5.74) is 0.994. The van der Waals surface area contributed by atoms with Crippen molar-refractivity contribution in [1.82, 2.24) is 9.97 Å². The second-order valence-corrected chi connectivity index (χ2v) is 7.60. The molecule has 4 rings (SSSR count). The molecule has 3 aromatic rings. The molecule has 1 aliphatic rings. The Kier molecular flexibility index (Phi) is 5.59. The van der Waals surface area contributed by atoms with E-state index in [1.54, 1.807) is 6.20 Å². The maximum Gasteiger partial charge on any atom is 0.307 e. The van der Waals surface area contributed by atoms with Gasteiger partial charge in [-0.3, -0.25) is 9.78 Å². The molecule has 1 saturated heterocycles. The highest BCUT2D eigenvalue weighted by molar-refractivity contribution is 7.09. The number of nitrogens with zero attached hydrogens (tertiary/aromatic N) is 2. The molecule has 1 fully saturated rings. The molecule has 0 saturated carbocycles. The highest BCUT2D eigenvalue weighted by atomic mass is 32.1. The van der Waals surface area contributed by atoms with Crippen LogP contribution in [0.3, 0.4) is 0 Å². The average molecular weight is 399 g/mol. The zero-order valence-electron chi connectivity index (χ0n) is 15.2. The van der Waals surface area contributed by atoms with Crippen LogP contribution in [0.1, 0.15) is 10.4 Å². The predicted molar refractivity (Wildman–Crippen MR) is 108 cm³/mol. The van der Waals surface area contributed by atoms with Crippen molar-refractivity contribution in [3.63, 3.8) is 0 Å². The fourth-order valence-electron chi connectivity index (χ4n) is 3.17. The van der Waals surface area contributed by atoms with Gasteiger partial charge in [-0.2, -0.15) is 0 Å². The number of anilines is 1. The number of H-pyrrole nitrogens is 1. The molecule has 28 heavy (non-hydrogen) atoms. The van der Waals surface area contributed by atoms with E-state index in [2.05, 4.69) is 14.9 Å². The lowest BCUT2D eigenvalue weighted by Gasteiger charge is -2.36. The third kappa shape index (κ3) is 4.35. The first-order valence-corrected chi connectivity index (χ1v) is 9.89. The van der Waals surface area contributed by atoms with Crippen LogP contribution in [-0.4, -0.2) is 47.5 Å². The average Bonchev–Trinajstić information content (AvgIpc) is 3.05. The number of hydrogen-bond acceptors (Lipinski definition) is 7. The van der Waals surface area contributed by atoms with Crippen LogP contribution >= 0.6 is 11.3 Å². The molecule has 1 unspecified atom stereocenters. The Hall–Kier alpha value is -2.84. The minimum absolute atomic E-state index is 0.0535. The zero-order chi connectivity index (χ0) is 19.3. The lowest BCUT2D eigenvalue weighted by molar-refractivity contribution is 0.0765. The summed E-state index contributed by atoms with van der Waals surface area (Å²) in [6, 6.07) is 13.7. The molecule has 2 N–H and O–H groups in total. The van der Waals surface area contributed by atoms with Gasteiger partial charge in [-0.15, -0.1) is 0 Å². The highest BCUT2D eigenvalue weighted by Gasteiger charge is 2.24. The quantitative estimate of drug-likeness (QED) is 0.662. The van der Waals surface area contributed by atoms with Gasteiger partial charge in [0.05, 0.1) is 24.1 Å². The predicted octanol–water partition coefficient (Wildman–Crippen LogP) is 2.41. The van der Waals surface area contributed by atoms with Gasteiger partial charge in [-0.25, -0.2) is 4.98 Å². The summed E-state index contributed by atoms with van der Waals surface area (Å²) in [5.74, 6) is 1.64. The molecular formula is C20H21N3O4S. The number of aromatic hydroxyl groups is 1. The van der Waals surface area contributed by atoms with Crippen molar-refractivity contribution in [3.05, 3.63) is 68.8 Å². The van der Waals surface area contributed by atoms with Crippen molar-refractivity contribution in [1.29, 1.82) is 0 Å². The van der Waals surface area contributed by atoms with Crippen molar-refractivity contribution in [2.24, 2.45) is 0 Å². The highest BCUT2D eigenvalue weighted by Crippen LogP contribution is 2.22. The number of rotatable bonds is 6. The SMILES string of the molecule is O=c1[nH]c(O)c(Cc2ccc(OCC3COCCN3c3ccccn3)cc2)s1. The number of benzene rings is 1. The molecule has 0 aliphatic carbocycles. The van der Waals surface area contributed by atoms with Gasteiger partial charge in [0.2, 0.25) is 5.88 Å². The second-order valence-electron chi connectivity index (χ2n) is 6.53. The van der Waals surface area contributed by atoms with Crippen LogP contribution in [0.15, 0.2) is 53.5 Å². The van der Waals surface area contributed by atoms with E-state index in [-0.39, 0.29) is 16.8 Å². The fourth-order valence-corrected chi connectivity index (χ4v) is 3.93. The molecule has 2 aromatic heterocycles. The Morgan fingerprint density at radius 2 is 2.14 bits per heavy atom. The molecule has 7 nitrogen and oxygen atoms in total. The van der Waals surface area contributed by atoms with Crippen LogP contribution in [0.5, 0.6) is 11.6 Å². The summed E-state index contributed by atoms with van der Waals surface area (Å²) in [6.45, 7) is 2.56. The van der Waals surface area contributed by atoms with E-state index in [1.165, 1.54) is 0 Å². The zero-order valence-corrected chi connectivity index (χ0v) is 16.0. The second kappa shape index (κ2) is 8.45. The van der Waals surface area contributed by atoms with Crippen molar-refractivity contribution in [3.8, 4) is 11.6 Å². The maximum absolute atomic E-state index is 11.3. The maximum atomic E-state index is 11.3. The molecule has 1 aromatic carbocycles. The summed E-state index contributed by atoms with van der Waals surface area (Å²) < 4.78 is 11.6. The van der Waals surface area contributed by atoms with Crippen molar-refractivity contribution in [2.45, 2.75) is 12.5 Å². The summed E-state index contributed by atoms with van der Waals surface area (Å²) in [6.07, 6.45) is 2.29. The standard InChI is InChI=1S/C20H21N3O4S/c24-19-17(28-20(25)22-19)11-14-4-6-16(7-5-14)27-13-15-12-26-10-9-23(15)18-3-1-2-8-21-18/h1-8,15,24H,9-13H2,(H,22,25). The van der Waals surface area contributed by atoms with E-state index in [0.717, 1.165) is 35.0 Å². The summed E-state index contributed by atoms with van der Waals surface area (Å²) in [7, 11) is 0. The van der Waals surface area contributed by atoms with Gasteiger partial charge in [-0.05, 0) is 29.8 Å². The molecule has 1 aliphatic heterocycles. The van der Waals surface area contributed by atoms with Crippen molar-refractivity contribution < 1.29 is 14.6 Å². The first-order chi connectivity index (χ1) is 13.7. The van der Waals surface area contributed by atoms with Crippen LogP contribution in [0.25, 0.3) is 0 Å². The lowest BCUT2D eigenvalue weighted by Crippen LogP contribution is -2.49. The van der Waals surface area contributed by atoms with Gasteiger partial charge in [0.1, 0.15) is 18.2 Å². The van der Waals surface area contributed by atoms with Gasteiger partial charge >= 0.3 is 4.87 Å². The fraction of sp³-hybridized carbons (Fsp3) is 0.300. The largest absolute Gasteiger partial charge is 0.494 e. The normalized spacial score (nSPS) is 16.9. The summed E-state index contributed by atoms with van der Waals surface area (Å²) >= 11 is 1.02. The van der Waals surface area contributed by atoms with Crippen LogP contribution in [0, 0.1) is 0 Å². The van der Waals surface area contributed by atoms with Gasteiger partial charge in [0, 0.05) is 19.2 Å². The molecular weight excluding hydrogens is 378 g/mol. The summed E-state index contributed by atoms with van der Waals surface area (Å²) in [5, 5.41) is 9.70. The van der Waals surface area contributed by atoms with E-state index >= 15 is 0 Å². The van der Waals surface area contributed by atoms with Crippen LogP contribution < -0.4 is 14.5 Å². The number of aromatic amines is 1. The van der Waals surface area contributed by atoms with E-state index in [9.17, 15) is 9.90 Å². The molecule has 1 atom stereocenters. The van der Waals surface area contributed by atoms with Gasteiger partial charge in [0.15, 0.2) is 0 Å². The monoisotopic (exact) mass is 399 g/mol. The van der Waals surface area contributed by atoms with Gasteiger partial charge in [0.25, 0.3) is 0 Å². The first-order valence-electron chi connectivity index (χ1n) is 9.07. The number of aromatic nitrogens is 2. The van der Waals surface area contributed by atoms with E-state index < -0.39 is 0 Å². The molecule has 8 heteroatoms. The van der Waals surface area contributed by atoms with Crippen molar-refractivity contribution in [2.75, 3.05) is 31.3 Å². The van der Waals surface area contributed by atoms with E-state index in [4.69, 9.17) is 9.47 Å². The summed E-state index contributed by atoms with van der Waals surface area (Å²) in [4.78, 5) is 20.7. The smallest absolute Gasteiger partial charge is 0.307 e. The molecule has 0 spiro atoms. The van der Waals surface area contributed by atoms with Crippen molar-refractivity contribution >= 4 is 17.2 Å². The Labute approximate surface area is 166 Å². The topological polar surface area (TPSA) is 87.7 Å². The number of nitrogens with one attached hydrogen (secondary N) is 1. The van der Waals surface area contributed by atoms with Gasteiger partial charge in [-0.1, -0.05) is 29.5 Å². The Morgan fingerprint density at radius 3 is 2.86 bits per heavy atom. The number of morpholine rings is 1. The van der Waals surface area contributed by atoms with Crippen LogP contribution in [-0.2, 0) is 11.2 Å². The number of pyridine rings is 1. The van der Waals surface area contributed by atoms with E-state index in [0.29, 0.717) is 31.1 Å². The minimum Gasteiger partial charge on any atom is -0.494 e. The molecule has 0 radical (unpaired) electrons. The number of ether oxygens (including phenoxy) is 2. The van der Waals surface area contributed by atoms with E-state index in [1.807, 2.05) is 42.5 Å². The lowest BCUT2D eigenvalue weighted by atomic mass is 10.1. The third-order valence-electron chi connectivity index (χ3n) is 4.60. The molecule has 0 bridgehead atoms. The Bertz CT molecular complexity index is 956. The minimum atomic E-state index is -0.250. The Balaban J connectivity index is 1.37. The third-order valence-corrected chi connectivity index (χ3v) is 5.47. The molecule has 0 amide bonds.